The minimum absolute atomic E-state index is 0.405. The van der Waals surface area contributed by atoms with Gasteiger partial charge in [0.15, 0.2) is 0 Å². The molecule has 45 valence electrons. The van der Waals surface area contributed by atoms with Gasteiger partial charge in [0.2, 0.25) is 0 Å². The van der Waals surface area contributed by atoms with Gasteiger partial charge < -0.3 is 0 Å². The molecule has 0 heterocycles. The van der Waals surface area contributed by atoms with Crippen LogP contribution in [0.1, 0.15) is 32.1 Å². The summed E-state index contributed by atoms with van der Waals surface area (Å²) >= 11 is 0. The zero-order valence-electron chi connectivity index (χ0n) is 5.02. The van der Waals surface area contributed by atoms with Crippen molar-refractivity contribution in [1.29, 1.82) is 0 Å². The zero-order valence-corrected chi connectivity index (χ0v) is 5.02. The molecule has 1 nitrogen and oxygen atoms in total. The average molecular weight is 111 g/mol. The summed E-state index contributed by atoms with van der Waals surface area (Å²) in [4.78, 5) is 0. The smallest absolute Gasteiger partial charge is 0.107 e. The lowest BCUT2D eigenvalue weighted by Crippen LogP contribution is -2.12. The van der Waals surface area contributed by atoms with E-state index in [2.05, 4.69) is 0 Å². The molecule has 2 aliphatic rings. The van der Waals surface area contributed by atoms with Gasteiger partial charge in [0.1, 0.15) is 5.60 Å². The summed E-state index contributed by atoms with van der Waals surface area (Å²) in [5, 5.41) is 11.2. The molecule has 2 saturated carbocycles. The first-order chi connectivity index (χ1) is 3.81. The molecule has 0 N–H and O–H groups in total. The second-order valence-corrected chi connectivity index (χ2v) is 3.21. The van der Waals surface area contributed by atoms with Crippen LogP contribution in [-0.2, 0) is 5.11 Å². The highest BCUT2D eigenvalue weighted by molar-refractivity contribution is 5.04. The van der Waals surface area contributed by atoms with Crippen molar-refractivity contribution in [3.05, 3.63) is 0 Å². The first-order valence-electron chi connectivity index (χ1n) is 3.52. The van der Waals surface area contributed by atoms with Crippen molar-refractivity contribution in [3.63, 3.8) is 0 Å². The maximum absolute atomic E-state index is 11.2. The highest BCUT2D eigenvalue weighted by atomic mass is 16.3. The maximum Gasteiger partial charge on any atom is 0.107 e. The first kappa shape index (κ1) is 4.80. The van der Waals surface area contributed by atoms with E-state index in [-0.39, 0.29) is 0 Å². The van der Waals surface area contributed by atoms with Gasteiger partial charge in [-0.25, -0.2) is 5.11 Å². The molecule has 0 aromatic rings. The fourth-order valence-electron chi connectivity index (χ4n) is 1.84. The van der Waals surface area contributed by atoms with Crippen LogP contribution in [-0.4, -0.2) is 5.60 Å². The highest BCUT2D eigenvalue weighted by Gasteiger charge is 2.55. The van der Waals surface area contributed by atoms with E-state index in [0.717, 1.165) is 12.8 Å². The molecule has 2 atom stereocenters. The molecule has 1 heteroatoms. The van der Waals surface area contributed by atoms with E-state index < -0.39 is 5.60 Å². The third-order valence-corrected chi connectivity index (χ3v) is 2.58. The van der Waals surface area contributed by atoms with Crippen molar-refractivity contribution in [1.82, 2.24) is 0 Å². The second-order valence-electron chi connectivity index (χ2n) is 3.21. The van der Waals surface area contributed by atoms with Gasteiger partial charge in [0.25, 0.3) is 0 Å². The molecule has 0 spiro atoms. The largest absolute Gasteiger partial charge is 0.229 e. The van der Waals surface area contributed by atoms with Crippen molar-refractivity contribution < 1.29 is 5.11 Å². The Labute approximate surface area is 49.7 Å². The number of hydrogen-bond donors (Lipinski definition) is 0. The molecule has 0 aromatic heterocycles. The SMILES string of the molecule is [O]C12CCCCC1C2. The van der Waals surface area contributed by atoms with Gasteiger partial charge >= 0.3 is 0 Å². The molecule has 0 aliphatic heterocycles. The number of hydrogen-bond acceptors (Lipinski definition) is 0. The van der Waals surface area contributed by atoms with E-state index in [9.17, 15) is 5.11 Å². The van der Waals surface area contributed by atoms with Crippen LogP contribution in [0.15, 0.2) is 0 Å². The topological polar surface area (TPSA) is 19.9 Å². The summed E-state index contributed by atoms with van der Waals surface area (Å²) in [5.41, 5.74) is -0.405. The second kappa shape index (κ2) is 1.27. The summed E-state index contributed by atoms with van der Waals surface area (Å²) in [6.45, 7) is 0. The molecule has 2 fully saturated rings. The van der Waals surface area contributed by atoms with Crippen LogP contribution in [0.5, 0.6) is 0 Å². The van der Waals surface area contributed by atoms with Crippen LogP contribution in [0.2, 0.25) is 0 Å². The van der Waals surface area contributed by atoms with Crippen LogP contribution in [0.25, 0.3) is 0 Å². The Morgan fingerprint density at radius 1 is 1.38 bits per heavy atom. The Balaban J connectivity index is 2.04. The lowest BCUT2D eigenvalue weighted by atomic mass is 9.98. The van der Waals surface area contributed by atoms with E-state index in [1.807, 2.05) is 0 Å². The molecule has 0 bridgehead atoms. The van der Waals surface area contributed by atoms with Crippen LogP contribution in [0, 0.1) is 5.92 Å². The van der Waals surface area contributed by atoms with Crippen LogP contribution >= 0.6 is 0 Å². The molecule has 0 aromatic carbocycles. The highest BCUT2D eigenvalue weighted by Crippen LogP contribution is 2.53. The van der Waals surface area contributed by atoms with Crippen molar-refractivity contribution in [2.24, 2.45) is 5.92 Å². The quantitative estimate of drug-likeness (QED) is 0.454. The lowest BCUT2D eigenvalue weighted by molar-refractivity contribution is 0.0276. The predicted octanol–water partition coefficient (Wildman–Crippen LogP) is 1.75. The third kappa shape index (κ3) is 0.510. The van der Waals surface area contributed by atoms with Crippen LogP contribution < -0.4 is 0 Å². The van der Waals surface area contributed by atoms with E-state index in [4.69, 9.17) is 0 Å². The molecule has 2 unspecified atom stereocenters. The van der Waals surface area contributed by atoms with Crippen LogP contribution in [0.4, 0.5) is 0 Å². The summed E-state index contributed by atoms with van der Waals surface area (Å²) in [6, 6.07) is 0. The van der Waals surface area contributed by atoms with E-state index >= 15 is 0 Å². The maximum atomic E-state index is 11.2. The summed E-state index contributed by atoms with van der Waals surface area (Å²) in [6.07, 6.45) is 5.70. The minimum Gasteiger partial charge on any atom is -0.229 e. The standard InChI is InChI=1S/C7H11O/c8-7-4-2-1-3-6(7)5-7/h6H,1-5H2. The molecular formula is C7H11O. The Kier molecular flexibility index (Phi) is 0.762. The molecule has 2 aliphatic carbocycles. The Morgan fingerprint density at radius 2 is 2.25 bits per heavy atom. The van der Waals surface area contributed by atoms with Gasteiger partial charge in [-0.3, -0.25) is 0 Å². The molecular weight excluding hydrogens is 100 g/mol. The summed E-state index contributed by atoms with van der Waals surface area (Å²) in [7, 11) is 0. The van der Waals surface area contributed by atoms with Gasteiger partial charge in [-0.2, -0.15) is 0 Å². The van der Waals surface area contributed by atoms with E-state index in [1.54, 1.807) is 0 Å². The van der Waals surface area contributed by atoms with Crippen molar-refractivity contribution >= 4 is 0 Å². The van der Waals surface area contributed by atoms with Gasteiger partial charge in [-0.15, -0.1) is 0 Å². The van der Waals surface area contributed by atoms with Crippen molar-refractivity contribution in [2.45, 2.75) is 37.7 Å². The Bertz CT molecular complexity index is 109. The zero-order chi connectivity index (χ0) is 5.61. The first-order valence-corrected chi connectivity index (χ1v) is 3.52. The molecule has 0 saturated heterocycles. The third-order valence-electron chi connectivity index (χ3n) is 2.58. The fourth-order valence-corrected chi connectivity index (χ4v) is 1.84. The molecule has 2 rings (SSSR count). The molecule has 0 amide bonds. The Hall–Kier alpha value is -0.0400. The van der Waals surface area contributed by atoms with Gasteiger partial charge in [-0.05, 0) is 25.2 Å². The van der Waals surface area contributed by atoms with Gasteiger partial charge in [0.05, 0.1) is 0 Å². The summed E-state index contributed by atoms with van der Waals surface area (Å²) < 4.78 is 0. The van der Waals surface area contributed by atoms with Crippen LogP contribution in [0.3, 0.4) is 0 Å². The fraction of sp³-hybridized carbons (Fsp3) is 1.00. The average Bonchev–Trinajstić information content (AvgIpc) is 2.39. The van der Waals surface area contributed by atoms with Crippen molar-refractivity contribution in [2.75, 3.05) is 0 Å². The normalized spacial score (nSPS) is 52.9. The number of fused-ring (bicyclic) bond motifs is 1. The molecule has 8 heavy (non-hydrogen) atoms. The number of rotatable bonds is 0. The van der Waals surface area contributed by atoms with Crippen molar-refractivity contribution in [3.8, 4) is 0 Å². The van der Waals surface area contributed by atoms with E-state index in [1.165, 1.54) is 19.3 Å². The minimum atomic E-state index is -0.405. The molecule has 1 radical (unpaired) electrons. The van der Waals surface area contributed by atoms with Gasteiger partial charge in [0, 0.05) is 0 Å². The predicted molar refractivity (Wildman–Crippen MR) is 30.0 cm³/mol. The van der Waals surface area contributed by atoms with Gasteiger partial charge in [-0.1, -0.05) is 12.8 Å². The summed E-state index contributed by atoms with van der Waals surface area (Å²) in [5.74, 6) is 0.594. The van der Waals surface area contributed by atoms with E-state index in [0.29, 0.717) is 5.92 Å². The monoisotopic (exact) mass is 111 g/mol. The Morgan fingerprint density at radius 3 is 2.75 bits per heavy atom. The lowest BCUT2D eigenvalue weighted by Gasteiger charge is -2.12.